The van der Waals surface area contributed by atoms with E-state index in [2.05, 4.69) is 51.7 Å². The van der Waals surface area contributed by atoms with Gasteiger partial charge >= 0.3 is 0 Å². The average Bonchev–Trinajstić information content (AvgIpc) is 3.23. The number of carbonyl (C=O) groups is 1. The number of piperidine rings is 1. The van der Waals surface area contributed by atoms with Crippen molar-refractivity contribution in [3.05, 3.63) is 72.1 Å². The molecule has 1 aliphatic rings. The molecule has 6 heteroatoms. The summed E-state index contributed by atoms with van der Waals surface area (Å²) in [6.07, 6.45) is 4.21. The number of nitrogens with one attached hydrogen (secondary N) is 1. The van der Waals surface area contributed by atoms with E-state index >= 15 is 0 Å². The van der Waals surface area contributed by atoms with Crippen LogP contribution in [0.3, 0.4) is 0 Å². The molecule has 2 heterocycles. The van der Waals surface area contributed by atoms with Crippen LogP contribution in [0.4, 0.5) is 5.69 Å². The van der Waals surface area contributed by atoms with E-state index in [0.717, 1.165) is 30.3 Å². The zero-order valence-electron chi connectivity index (χ0n) is 16.1. The Labute approximate surface area is 165 Å². The van der Waals surface area contributed by atoms with Crippen LogP contribution >= 0.6 is 0 Å². The smallest absolute Gasteiger partial charge is 0.273 e. The number of para-hydroxylation sites is 1. The van der Waals surface area contributed by atoms with Crippen molar-refractivity contribution in [2.24, 2.45) is 5.92 Å². The summed E-state index contributed by atoms with van der Waals surface area (Å²) in [4.78, 5) is 14.8. The van der Waals surface area contributed by atoms with Gasteiger partial charge in [0.25, 0.3) is 5.91 Å². The molecule has 2 aromatic carbocycles. The van der Waals surface area contributed by atoms with Gasteiger partial charge in [-0.3, -0.25) is 4.79 Å². The lowest BCUT2D eigenvalue weighted by Crippen LogP contribution is -2.34. The molecular weight excluding hydrogens is 350 g/mol. The van der Waals surface area contributed by atoms with E-state index in [1.165, 1.54) is 18.5 Å². The maximum Gasteiger partial charge on any atom is 0.273 e. The fourth-order valence-electron chi connectivity index (χ4n) is 3.60. The van der Waals surface area contributed by atoms with Gasteiger partial charge in [-0.05, 0) is 48.6 Å². The second kappa shape index (κ2) is 8.25. The molecule has 1 atom stereocenters. The fourth-order valence-corrected chi connectivity index (χ4v) is 3.60. The molecule has 1 amide bonds. The van der Waals surface area contributed by atoms with Crippen LogP contribution in [-0.4, -0.2) is 34.0 Å². The van der Waals surface area contributed by atoms with E-state index in [1.54, 1.807) is 10.9 Å². The number of benzene rings is 2. The Hall–Kier alpha value is -3.15. The van der Waals surface area contributed by atoms with Crippen molar-refractivity contribution in [3.8, 4) is 5.69 Å². The van der Waals surface area contributed by atoms with E-state index in [0.29, 0.717) is 12.2 Å². The molecule has 0 unspecified atom stereocenters. The Morgan fingerprint density at radius 1 is 1.11 bits per heavy atom. The molecule has 1 aromatic heterocycles. The highest BCUT2D eigenvalue weighted by atomic mass is 16.2. The van der Waals surface area contributed by atoms with Gasteiger partial charge in [-0.15, -0.1) is 5.10 Å². The molecule has 3 aromatic rings. The minimum atomic E-state index is -0.226. The fraction of sp³-hybridized carbons (Fsp3) is 0.318. The van der Waals surface area contributed by atoms with Crippen LogP contribution in [-0.2, 0) is 6.54 Å². The molecule has 0 saturated carbocycles. The van der Waals surface area contributed by atoms with E-state index in [9.17, 15) is 4.79 Å². The molecule has 0 bridgehead atoms. The highest BCUT2D eigenvalue weighted by Gasteiger charge is 2.16. The Morgan fingerprint density at radius 2 is 1.89 bits per heavy atom. The summed E-state index contributed by atoms with van der Waals surface area (Å²) in [7, 11) is 0. The monoisotopic (exact) mass is 375 g/mol. The Morgan fingerprint density at radius 3 is 2.64 bits per heavy atom. The van der Waals surface area contributed by atoms with E-state index < -0.39 is 0 Å². The summed E-state index contributed by atoms with van der Waals surface area (Å²) in [5, 5.41) is 10.9. The van der Waals surface area contributed by atoms with Crippen molar-refractivity contribution in [2.75, 3.05) is 18.0 Å². The first-order valence-corrected chi connectivity index (χ1v) is 9.79. The molecular formula is C22H25N5O. The summed E-state index contributed by atoms with van der Waals surface area (Å²) in [5.41, 5.74) is 3.50. The summed E-state index contributed by atoms with van der Waals surface area (Å²) in [6, 6.07) is 18.1. The predicted molar refractivity (Wildman–Crippen MR) is 110 cm³/mol. The highest BCUT2D eigenvalue weighted by Crippen LogP contribution is 2.23. The van der Waals surface area contributed by atoms with Gasteiger partial charge in [0, 0.05) is 25.3 Å². The van der Waals surface area contributed by atoms with Crippen molar-refractivity contribution < 1.29 is 4.79 Å². The summed E-state index contributed by atoms with van der Waals surface area (Å²) >= 11 is 0. The van der Waals surface area contributed by atoms with Gasteiger partial charge in [0.05, 0.1) is 11.9 Å². The molecule has 144 valence electrons. The number of aromatic nitrogens is 3. The molecule has 28 heavy (non-hydrogen) atoms. The maximum atomic E-state index is 12.4. The number of hydrogen-bond acceptors (Lipinski definition) is 4. The van der Waals surface area contributed by atoms with Crippen molar-refractivity contribution in [2.45, 2.75) is 26.3 Å². The van der Waals surface area contributed by atoms with Gasteiger partial charge in [-0.1, -0.05) is 42.5 Å². The summed E-state index contributed by atoms with van der Waals surface area (Å²) in [5.74, 6) is 0.521. The SMILES string of the molecule is C[C@H]1CCCN(c2ccc(CNC(=O)c3cn(-c4ccccc4)nn3)cc2)C1. The third-order valence-corrected chi connectivity index (χ3v) is 5.16. The first-order valence-electron chi connectivity index (χ1n) is 9.79. The van der Waals surface area contributed by atoms with Gasteiger partial charge in [0.15, 0.2) is 5.69 Å². The standard InChI is InChI=1S/C22H25N5O/c1-17-6-5-13-26(15-17)19-11-9-18(10-12-19)14-23-22(28)21-16-27(25-24-21)20-7-3-2-4-8-20/h2-4,7-12,16-17H,5-6,13-15H2,1H3,(H,23,28)/t17-/m0/s1. The zero-order valence-corrected chi connectivity index (χ0v) is 16.1. The molecule has 0 radical (unpaired) electrons. The van der Waals surface area contributed by atoms with Crippen LogP contribution in [0.1, 0.15) is 35.8 Å². The maximum absolute atomic E-state index is 12.4. The molecule has 0 aliphatic carbocycles. The molecule has 1 fully saturated rings. The number of hydrogen-bond donors (Lipinski definition) is 1. The van der Waals surface area contributed by atoms with Gasteiger partial charge in [0.2, 0.25) is 0 Å². The Bertz CT molecular complexity index is 920. The van der Waals surface area contributed by atoms with Crippen LogP contribution in [0.15, 0.2) is 60.8 Å². The Balaban J connectivity index is 1.34. The second-order valence-corrected chi connectivity index (χ2v) is 7.43. The van der Waals surface area contributed by atoms with E-state index in [-0.39, 0.29) is 5.91 Å². The Kier molecular flexibility index (Phi) is 5.37. The van der Waals surface area contributed by atoms with E-state index in [1.807, 2.05) is 30.3 Å². The van der Waals surface area contributed by atoms with Gasteiger partial charge in [-0.2, -0.15) is 0 Å². The number of anilines is 1. The normalized spacial score (nSPS) is 16.8. The first kappa shape index (κ1) is 18.2. The van der Waals surface area contributed by atoms with Gasteiger partial charge in [-0.25, -0.2) is 4.68 Å². The van der Waals surface area contributed by atoms with Crippen LogP contribution in [0, 0.1) is 5.92 Å². The highest BCUT2D eigenvalue weighted by molar-refractivity contribution is 5.91. The predicted octanol–water partition coefficient (Wildman–Crippen LogP) is 3.43. The minimum absolute atomic E-state index is 0.226. The molecule has 6 nitrogen and oxygen atoms in total. The van der Waals surface area contributed by atoms with Gasteiger partial charge in [0.1, 0.15) is 0 Å². The molecule has 1 N–H and O–H groups in total. The van der Waals surface area contributed by atoms with Crippen LogP contribution in [0.2, 0.25) is 0 Å². The van der Waals surface area contributed by atoms with Crippen LogP contribution in [0.5, 0.6) is 0 Å². The largest absolute Gasteiger partial charge is 0.371 e. The molecule has 4 rings (SSSR count). The third-order valence-electron chi connectivity index (χ3n) is 5.16. The number of rotatable bonds is 5. The lowest BCUT2D eigenvalue weighted by molar-refractivity contribution is 0.0946. The van der Waals surface area contributed by atoms with Crippen molar-refractivity contribution >= 4 is 11.6 Å². The number of amides is 1. The first-order chi connectivity index (χ1) is 13.7. The molecule has 1 saturated heterocycles. The van der Waals surface area contributed by atoms with Crippen LogP contribution < -0.4 is 10.2 Å². The lowest BCUT2D eigenvalue weighted by Gasteiger charge is -2.32. The minimum Gasteiger partial charge on any atom is -0.371 e. The molecule has 0 spiro atoms. The number of carbonyl (C=O) groups excluding carboxylic acids is 1. The quantitative estimate of drug-likeness (QED) is 0.742. The van der Waals surface area contributed by atoms with Crippen molar-refractivity contribution in [3.63, 3.8) is 0 Å². The lowest BCUT2D eigenvalue weighted by atomic mass is 9.99. The summed E-state index contributed by atoms with van der Waals surface area (Å²) in [6.45, 7) is 5.02. The van der Waals surface area contributed by atoms with Gasteiger partial charge < -0.3 is 10.2 Å². The van der Waals surface area contributed by atoms with Crippen LogP contribution in [0.25, 0.3) is 5.69 Å². The average molecular weight is 375 g/mol. The van der Waals surface area contributed by atoms with E-state index in [4.69, 9.17) is 0 Å². The summed E-state index contributed by atoms with van der Waals surface area (Å²) < 4.78 is 1.60. The third kappa shape index (κ3) is 4.22. The molecule has 1 aliphatic heterocycles. The van der Waals surface area contributed by atoms with Crippen molar-refractivity contribution in [1.29, 1.82) is 0 Å². The number of nitrogens with zero attached hydrogens (tertiary/aromatic N) is 4. The second-order valence-electron chi connectivity index (χ2n) is 7.43. The zero-order chi connectivity index (χ0) is 19.3. The topological polar surface area (TPSA) is 63.1 Å². The van der Waals surface area contributed by atoms with Crippen molar-refractivity contribution in [1.82, 2.24) is 20.3 Å².